The summed E-state index contributed by atoms with van der Waals surface area (Å²) in [7, 11) is -3.55. The minimum absolute atomic E-state index is 0.0695. The van der Waals surface area contributed by atoms with E-state index in [0.29, 0.717) is 23.8 Å². The van der Waals surface area contributed by atoms with E-state index in [0.717, 1.165) is 27.0 Å². The van der Waals surface area contributed by atoms with Crippen molar-refractivity contribution in [1.82, 2.24) is 19.2 Å². The highest BCUT2D eigenvalue weighted by molar-refractivity contribution is 7.89. The van der Waals surface area contributed by atoms with Gasteiger partial charge in [0, 0.05) is 37.3 Å². The number of carbonyl (C=O) groups is 1. The van der Waals surface area contributed by atoms with Gasteiger partial charge in [-0.15, -0.1) is 11.3 Å². The van der Waals surface area contributed by atoms with E-state index in [1.165, 1.54) is 15.6 Å². The van der Waals surface area contributed by atoms with E-state index >= 15 is 0 Å². The molecular weight excluding hydrogens is 420 g/mol. The Kier molecular flexibility index (Phi) is 5.37. The summed E-state index contributed by atoms with van der Waals surface area (Å²) in [6.07, 6.45) is 0. The minimum atomic E-state index is -3.55. The molecule has 30 heavy (non-hydrogen) atoms. The van der Waals surface area contributed by atoms with Crippen LogP contribution in [0.25, 0.3) is 10.2 Å². The molecule has 4 rings (SSSR count). The molecule has 1 aliphatic heterocycles. The third-order valence-corrected chi connectivity index (χ3v) is 8.55. The van der Waals surface area contributed by atoms with Crippen molar-refractivity contribution in [2.45, 2.75) is 32.6 Å². The van der Waals surface area contributed by atoms with E-state index < -0.39 is 10.0 Å². The van der Waals surface area contributed by atoms with Crippen LogP contribution in [-0.2, 0) is 10.0 Å². The molecule has 1 aromatic carbocycles. The smallest absolute Gasteiger partial charge is 0.264 e. The Morgan fingerprint density at radius 3 is 2.23 bits per heavy atom. The molecule has 158 valence electrons. The molecule has 1 aliphatic rings. The van der Waals surface area contributed by atoms with Gasteiger partial charge in [-0.3, -0.25) is 4.79 Å². The van der Waals surface area contributed by atoms with E-state index in [9.17, 15) is 13.2 Å². The van der Waals surface area contributed by atoms with E-state index in [1.807, 2.05) is 27.7 Å². The fourth-order valence-corrected chi connectivity index (χ4v) is 6.48. The van der Waals surface area contributed by atoms with Crippen molar-refractivity contribution >= 4 is 37.5 Å². The first-order valence-electron chi connectivity index (χ1n) is 9.79. The van der Waals surface area contributed by atoms with Gasteiger partial charge < -0.3 is 4.90 Å². The number of fused-ring (bicyclic) bond motifs is 1. The monoisotopic (exact) mass is 444 g/mol. The Morgan fingerprint density at radius 1 is 0.967 bits per heavy atom. The van der Waals surface area contributed by atoms with Crippen molar-refractivity contribution in [3.05, 3.63) is 51.8 Å². The minimum Gasteiger partial charge on any atom is -0.335 e. The van der Waals surface area contributed by atoms with Crippen LogP contribution in [0.3, 0.4) is 0 Å². The maximum Gasteiger partial charge on any atom is 0.264 e. The van der Waals surface area contributed by atoms with Crippen molar-refractivity contribution in [1.29, 1.82) is 0 Å². The number of nitrogens with zero attached hydrogens (tertiary/aromatic N) is 4. The summed E-state index contributed by atoms with van der Waals surface area (Å²) >= 11 is 1.38. The zero-order chi connectivity index (χ0) is 21.6. The Labute approximate surface area is 180 Å². The number of thiophene rings is 1. The lowest BCUT2D eigenvalue weighted by Crippen LogP contribution is -2.50. The van der Waals surface area contributed by atoms with Gasteiger partial charge in [0.25, 0.3) is 5.91 Å². The summed E-state index contributed by atoms with van der Waals surface area (Å²) in [4.78, 5) is 25.6. The largest absolute Gasteiger partial charge is 0.335 e. The SMILES string of the molecule is Cc1ccc(S(=O)(=O)N2CCN(C(=O)c3sc4nc(C)nc(C)c4c3C)CC2)cc1. The molecule has 0 aliphatic carbocycles. The predicted molar refractivity (Wildman–Crippen MR) is 117 cm³/mol. The highest BCUT2D eigenvalue weighted by Crippen LogP contribution is 2.32. The number of rotatable bonds is 3. The normalized spacial score (nSPS) is 15.7. The predicted octanol–water partition coefficient (Wildman–Crippen LogP) is 3.07. The standard InChI is InChI=1S/C21H24N4O3S2/c1-13-5-7-17(8-6-13)30(27,28)25-11-9-24(10-12-25)21(26)19-14(2)18-15(3)22-16(4)23-20(18)29-19/h5-8H,9-12H2,1-4H3. The van der Waals surface area contributed by atoms with E-state index in [4.69, 9.17) is 0 Å². The summed E-state index contributed by atoms with van der Waals surface area (Å²) in [6, 6.07) is 6.86. The molecule has 2 aromatic heterocycles. The summed E-state index contributed by atoms with van der Waals surface area (Å²) in [6.45, 7) is 8.91. The van der Waals surface area contributed by atoms with E-state index in [1.54, 1.807) is 29.2 Å². The Hall–Kier alpha value is -2.36. The molecule has 0 unspecified atom stereocenters. The van der Waals surface area contributed by atoms with Gasteiger partial charge in [-0.05, 0) is 45.4 Å². The molecular formula is C21H24N4O3S2. The lowest BCUT2D eigenvalue weighted by atomic mass is 10.1. The van der Waals surface area contributed by atoms with Gasteiger partial charge in [0.05, 0.1) is 9.77 Å². The van der Waals surface area contributed by atoms with Crippen LogP contribution >= 0.6 is 11.3 Å². The molecule has 1 amide bonds. The van der Waals surface area contributed by atoms with Crippen molar-refractivity contribution in [3.8, 4) is 0 Å². The Bertz CT molecular complexity index is 1230. The molecule has 1 saturated heterocycles. The molecule has 0 radical (unpaired) electrons. The summed E-state index contributed by atoms with van der Waals surface area (Å²) in [5.41, 5.74) is 2.78. The van der Waals surface area contributed by atoms with Crippen LogP contribution in [0.1, 0.15) is 32.3 Å². The van der Waals surface area contributed by atoms with Crippen LogP contribution in [0.5, 0.6) is 0 Å². The third kappa shape index (κ3) is 3.61. The van der Waals surface area contributed by atoms with Crippen LogP contribution in [-0.4, -0.2) is 59.7 Å². The Balaban J connectivity index is 1.52. The second-order valence-electron chi connectivity index (χ2n) is 7.60. The van der Waals surface area contributed by atoms with Gasteiger partial charge in [0.1, 0.15) is 10.7 Å². The topological polar surface area (TPSA) is 83.5 Å². The van der Waals surface area contributed by atoms with Crippen LogP contribution in [0.4, 0.5) is 0 Å². The fraction of sp³-hybridized carbons (Fsp3) is 0.381. The molecule has 1 fully saturated rings. The van der Waals surface area contributed by atoms with Crippen molar-refractivity contribution < 1.29 is 13.2 Å². The quantitative estimate of drug-likeness (QED) is 0.620. The number of sulfonamides is 1. The number of piperazine rings is 1. The highest BCUT2D eigenvalue weighted by Gasteiger charge is 2.31. The van der Waals surface area contributed by atoms with E-state index in [-0.39, 0.29) is 23.9 Å². The average molecular weight is 445 g/mol. The Morgan fingerprint density at radius 2 is 1.60 bits per heavy atom. The van der Waals surface area contributed by atoms with Crippen LogP contribution in [0.15, 0.2) is 29.2 Å². The summed E-state index contributed by atoms with van der Waals surface area (Å²) in [5, 5.41) is 0.939. The fourth-order valence-electron chi connectivity index (χ4n) is 3.81. The summed E-state index contributed by atoms with van der Waals surface area (Å²) in [5.74, 6) is 0.620. The molecule has 9 heteroatoms. The number of carbonyl (C=O) groups excluding carboxylic acids is 1. The third-order valence-electron chi connectivity index (χ3n) is 5.46. The summed E-state index contributed by atoms with van der Waals surface area (Å²) < 4.78 is 27.2. The number of hydrogen-bond acceptors (Lipinski definition) is 6. The van der Waals surface area contributed by atoms with Crippen molar-refractivity contribution in [2.24, 2.45) is 0 Å². The number of amides is 1. The molecule has 3 aromatic rings. The zero-order valence-corrected chi connectivity index (χ0v) is 19.1. The molecule has 0 bridgehead atoms. The van der Waals surface area contributed by atoms with Crippen LogP contribution in [0, 0.1) is 27.7 Å². The molecule has 0 spiro atoms. The average Bonchev–Trinajstić information content (AvgIpc) is 3.04. The van der Waals surface area contributed by atoms with Crippen LogP contribution < -0.4 is 0 Å². The van der Waals surface area contributed by atoms with Gasteiger partial charge in [-0.1, -0.05) is 17.7 Å². The maximum atomic E-state index is 13.2. The lowest BCUT2D eigenvalue weighted by Gasteiger charge is -2.34. The molecule has 0 atom stereocenters. The number of aromatic nitrogens is 2. The van der Waals surface area contributed by atoms with Gasteiger partial charge in [-0.25, -0.2) is 18.4 Å². The van der Waals surface area contributed by atoms with Gasteiger partial charge in [0.2, 0.25) is 10.0 Å². The number of benzene rings is 1. The van der Waals surface area contributed by atoms with Crippen molar-refractivity contribution in [2.75, 3.05) is 26.2 Å². The number of hydrogen-bond donors (Lipinski definition) is 0. The molecule has 3 heterocycles. The zero-order valence-electron chi connectivity index (χ0n) is 17.5. The second kappa shape index (κ2) is 7.72. The molecule has 0 N–H and O–H groups in total. The van der Waals surface area contributed by atoms with Crippen molar-refractivity contribution in [3.63, 3.8) is 0 Å². The highest BCUT2D eigenvalue weighted by atomic mass is 32.2. The first kappa shape index (κ1) is 20.9. The molecule has 7 nitrogen and oxygen atoms in total. The van der Waals surface area contributed by atoms with Crippen LogP contribution in [0.2, 0.25) is 0 Å². The number of aryl methyl sites for hydroxylation is 4. The molecule has 0 saturated carbocycles. The lowest BCUT2D eigenvalue weighted by molar-refractivity contribution is 0.0702. The van der Waals surface area contributed by atoms with Gasteiger partial charge >= 0.3 is 0 Å². The van der Waals surface area contributed by atoms with Gasteiger partial charge in [-0.2, -0.15) is 4.31 Å². The first-order valence-corrected chi connectivity index (χ1v) is 12.0. The van der Waals surface area contributed by atoms with Gasteiger partial charge in [0.15, 0.2) is 0 Å². The second-order valence-corrected chi connectivity index (χ2v) is 10.5. The van der Waals surface area contributed by atoms with E-state index in [2.05, 4.69) is 9.97 Å². The first-order chi connectivity index (χ1) is 14.2. The maximum absolute atomic E-state index is 13.2.